The second kappa shape index (κ2) is 10.5. The van der Waals surface area contributed by atoms with Gasteiger partial charge in [-0.2, -0.15) is 5.10 Å². The molecule has 0 aliphatic carbocycles. The van der Waals surface area contributed by atoms with Crippen molar-refractivity contribution in [2.75, 3.05) is 26.2 Å². The van der Waals surface area contributed by atoms with Crippen molar-refractivity contribution in [2.45, 2.75) is 6.54 Å². The maximum absolute atomic E-state index is 13.5. The summed E-state index contributed by atoms with van der Waals surface area (Å²) in [5.74, 6) is -0.309. The number of carbonyl (C=O) groups excluding carboxylic acids is 1. The van der Waals surface area contributed by atoms with Gasteiger partial charge in [-0.05, 0) is 48.0 Å². The van der Waals surface area contributed by atoms with E-state index in [0.717, 1.165) is 36.4 Å². The van der Waals surface area contributed by atoms with Gasteiger partial charge >= 0.3 is 0 Å². The number of hydrogen-bond acceptors (Lipinski definition) is 3. The molecule has 1 aliphatic rings. The average Bonchev–Trinajstić information content (AvgIpc) is 3.33. The second-order valence-corrected chi connectivity index (χ2v) is 8.64. The molecule has 1 amide bonds. The van der Waals surface area contributed by atoms with Crippen molar-refractivity contribution in [1.82, 2.24) is 19.6 Å². The molecule has 2 heterocycles. The van der Waals surface area contributed by atoms with Crippen LogP contribution in [0.15, 0.2) is 97.2 Å². The largest absolute Gasteiger partial charge is 0.337 e. The molecule has 35 heavy (non-hydrogen) atoms. The maximum atomic E-state index is 13.5. The minimum atomic E-state index is -0.296. The van der Waals surface area contributed by atoms with Crippen LogP contribution in [0.4, 0.5) is 4.39 Å². The number of nitrogens with zero attached hydrogens (tertiary/aromatic N) is 4. The number of carbonyl (C=O) groups is 1. The molecule has 0 unspecified atom stereocenters. The van der Waals surface area contributed by atoms with Crippen LogP contribution in [0.3, 0.4) is 0 Å². The van der Waals surface area contributed by atoms with Crippen LogP contribution in [-0.4, -0.2) is 51.7 Å². The number of rotatable bonds is 6. The lowest BCUT2D eigenvalue weighted by atomic mass is 10.1. The summed E-state index contributed by atoms with van der Waals surface area (Å²) in [6.45, 7) is 4.00. The van der Waals surface area contributed by atoms with Crippen molar-refractivity contribution in [3.8, 4) is 16.9 Å². The zero-order valence-corrected chi connectivity index (χ0v) is 19.4. The van der Waals surface area contributed by atoms with Crippen LogP contribution in [0.5, 0.6) is 0 Å². The highest BCUT2D eigenvalue weighted by molar-refractivity contribution is 5.93. The first-order valence-electron chi connectivity index (χ1n) is 11.8. The number of amides is 1. The number of benzene rings is 3. The summed E-state index contributed by atoms with van der Waals surface area (Å²) in [5, 5.41) is 4.73. The normalized spacial score (nSPS) is 14.5. The molecule has 0 atom stereocenters. The monoisotopic (exact) mass is 466 g/mol. The lowest BCUT2D eigenvalue weighted by Gasteiger charge is -2.34. The molecule has 176 valence electrons. The fourth-order valence-corrected chi connectivity index (χ4v) is 4.29. The van der Waals surface area contributed by atoms with Gasteiger partial charge in [0.15, 0.2) is 0 Å². The molecule has 0 saturated carbocycles. The van der Waals surface area contributed by atoms with E-state index in [9.17, 15) is 9.18 Å². The van der Waals surface area contributed by atoms with Crippen LogP contribution >= 0.6 is 0 Å². The summed E-state index contributed by atoms with van der Waals surface area (Å²) >= 11 is 0. The van der Waals surface area contributed by atoms with E-state index in [1.807, 2.05) is 53.6 Å². The van der Waals surface area contributed by atoms with Crippen LogP contribution in [0, 0.1) is 5.82 Å². The Morgan fingerprint density at radius 1 is 0.857 bits per heavy atom. The molecular formula is C29H27FN4O. The van der Waals surface area contributed by atoms with E-state index in [2.05, 4.69) is 29.2 Å². The minimum absolute atomic E-state index is 0.0121. The molecule has 0 radical (unpaired) electrons. The van der Waals surface area contributed by atoms with Crippen molar-refractivity contribution in [3.05, 3.63) is 114 Å². The summed E-state index contributed by atoms with van der Waals surface area (Å²) in [6.07, 6.45) is 5.33. The third-order valence-electron chi connectivity index (χ3n) is 6.22. The van der Waals surface area contributed by atoms with Crippen molar-refractivity contribution >= 4 is 12.0 Å². The molecule has 0 bridgehead atoms. The summed E-state index contributed by atoms with van der Waals surface area (Å²) in [6, 6.07) is 26.4. The Morgan fingerprint density at radius 3 is 2.20 bits per heavy atom. The molecule has 3 aromatic carbocycles. The van der Waals surface area contributed by atoms with Crippen molar-refractivity contribution in [2.24, 2.45) is 0 Å². The van der Waals surface area contributed by atoms with E-state index >= 15 is 0 Å². The molecule has 1 aliphatic heterocycles. The predicted octanol–water partition coefficient (Wildman–Crippen LogP) is 5.04. The van der Waals surface area contributed by atoms with Crippen LogP contribution in [0.2, 0.25) is 0 Å². The Kier molecular flexibility index (Phi) is 6.82. The topological polar surface area (TPSA) is 41.4 Å². The van der Waals surface area contributed by atoms with E-state index in [0.29, 0.717) is 18.8 Å². The zero-order valence-electron chi connectivity index (χ0n) is 19.4. The van der Waals surface area contributed by atoms with Gasteiger partial charge in [-0.3, -0.25) is 9.69 Å². The quantitative estimate of drug-likeness (QED) is 0.374. The summed E-state index contributed by atoms with van der Waals surface area (Å²) in [5.41, 5.74) is 4.50. The lowest BCUT2D eigenvalue weighted by molar-refractivity contribution is -0.127. The molecule has 0 spiro atoms. The van der Waals surface area contributed by atoms with Crippen molar-refractivity contribution in [1.29, 1.82) is 0 Å². The van der Waals surface area contributed by atoms with Gasteiger partial charge in [-0.1, -0.05) is 48.5 Å². The van der Waals surface area contributed by atoms with Crippen LogP contribution in [0.25, 0.3) is 23.0 Å². The molecule has 4 aromatic rings. The Morgan fingerprint density at radius 2 is 1.51 bits per heavy atom. The van der Waals surface area contributed by atoms with Gasteiger partial charge in [0, 0.05) is 56.1 Å². The standard InChI is InChI=1S/C29H27FN4O/c30-26-14-11-24(12-15-26)29-25(22-34(31-29)27-9-5-2-6-10-27)13-16-28(35)33-19-17-32(18-20-33)21-23-7-3-1-4-8-23/h1-16,22H,17-21H2/b16-13+. The van der Waals surface area contributed by atoms with E-state index < -0.39 is 0 Å². The fourth-order valence-electron chi connectivity index (χ4n) is 4.29. The van der Waals surface area contributed by atoms with Gasteiger partial charge in [-0.15, -0.1) is 0 Å². The van der Waals surface area contributed by atoms with E-state index in [1.165, 1.54) is 17.7 Å². The molecule has 6 heteroatoms. The number of hydrogen-bond donors (Lipinski definition) is 0. The Balaban J connectivity index is 1.30. The predicted molar refractivity (Wildman–Crippen MR) is 136 cm³/mol. The molecule has 5 rings (SSSR count). The van der Waals surface area contributed by atoms with Gasteiger partial charge in [0.1, 0.15) is 5.82 Å². The molecular weight excluding hydrogens is 439 g/mol. The fraction of sp³-hybridized carbons (Fsp3) is 0.172. The highest BCUT2D eigenvalue weighted by Crippen LogP contribution is 2.25. The van der Waals surface area contributed by atoms with Gasteiger partial charge in [0.2, 0.25) is 5.91 Å². The molecule has 1 aromatic heterocycles. The van der Waals surface area contributed by atoms with E-state index in [4.69, 9.17) is 5.10 Å². The highest BCUT2D eigenvalue weighted by Gasteiger charge is 2.20. The maximum Gasteiger partial charge on any atom is 0.246 e. The molecule has 1 saturated heterocycles. The zero-order chi connectivity index (χ0) is 24.0. The third kappa shape index (κ3) is 5.55. The first kappa shape index (κ1) is 22.7. The van der Waals surface area contributed by atoms with Gasteiger partial charge in [0.25, 0.3) is 0 Å². The smallest absolute Gasteiger partial charge is 0.246 e. The lowest BCUT2D eigenvalue weighted by Crippen LogP contribution is -2.47. The minimum Gasteiger partial charge on any atom is -0.337 e. The summed E-state index contributed by atoms with van der Waals surface area (Å²) in [7, 11) is 0. The number of para-hydroxylation sites is 1. The molecule has 1 fully saturated rings. The third-order valence-corrected chi connectivity index (χ3v) is 6.22. The van der Waals surface area contributed by atoms with Gasteiger partial charge in [-0.25, -0.2) is 9.07 Å². The Hall–Kier alpha value is -4.03. The van der Waals surface area contributed by atoms with E-state index in [1.54, 1.807) is 22.9 Å². The first-order chi connectivity index (χ1) is 17.2. The number of aromatic nitrogens is 2. The number of piperazine rings is 1. The van der Waals surface area contributed by atoms with E-state index in [-0.39, 0.29) is 11.7 Å². The molecule has 5 nitrogen and oxygen atoms in total. The average molecular weight is 467 g/mol. The Bertz CT molecular complexity index is 1290. The van der Waals surface area contributed by atoms with Crippen molar-refractivity contribution in [3.63, 3.8) is 0 Å². The van der Waals surface area contributed by atoms with Gasteiger partial charge in [0.05, 0.1) is 11.4 Å². The molecule has 0 N–H and O–H groups in total. The first-order valence-corrected chi connectivity index (χ1v) is 11.8. The van der Waals surface area contributed by atoms with Crippen LogP contribution in [0.1, 0.15) is 11.1 Å². The highest BCUT2D eigenvalue weighted by atomic mass is 19.1. The van der Waals surface area contributed by atoms with Crippen LogP contribution < -0.4 is 0 Å². The summed E-state index contributed by atoms with van der Waals surface area (Å²) < 4.78 is 15.3. The SMILES string of the molecule is O=C(/C=C/c1cn(-c2ccccc2)nc1-c1ccc(F)cc1)N1CCN(Cc2ccccc2)CC1. The summed E-state index contributed by atoms with van der Waals surface area (Å²) in [4.78, 5) is 17.2. The van der Waals surface area contributed by atoms with Crippen LogP contribution in [-0.2, 0) is 11.3 Å². The number of halogens is 1. The second-order valence-electron chi connectivity index (χ2n) is 8.64. The van der Waals surface area contributed by atoms with Gasteiger partial charge < -0.3 is 4.90 Å². The van der Waals surface area contributed by atoms with Crippen molar-refractivity contribution < 1.29 is 9.18 Å². The Labute approximate surface area is 204 Å².